The molecule has 0 spiro atoms. The predicted octanol–water partition coefficient (Wildman–Crippen LogP) is 3.55. The van der Waals surface area contributed by atoms with Gasteiger partial charge in [-0.3, -0.25) is 0 Å². The van der Waals surface area contributed by atoms with Gasteiger partial charge >= 0.3 is 5.97 Å². The quantitative estimate of drug-likeness (QED) is 0.629. The summed E-state index contributed by atoms with van der Waals surface area (Å²) in [6.45, 7) is 1.86. The van der Waals surface area contributed by atoms with E-state index < -0.39 is 11.8 Å². The molecule has 0 aliphatic rings. The molecular weight excluding hydrogens is 286 g/mol. The lowest BCUT2D eigenvalue weighted by Gasteiger charge is -2.06. The molecule has 0 saturated heterocycles. The zero-order chi connectivity index (χ0) is 11.4. The summed E-state index contributed by atoms with van der Waals surface area (Å²) in [6, 6.07) is 2.73. The van der Waals surface area contributed by atoms with Crippen molar-refractivity contribution in [3.05, 3.63) is 34.1 Å². The molecule has 82 valence electrons. The third-order valence-electron chi connectivity index (χ3n) is 1.75. The minimum absolute atomic E-state index is 0.126. The number of halogens is 3. The number of hydrogen-bond donors (Lipinski definition) is 0. The van der Waals surface area contributed by atoms with Crippen LogP contribution in [0.2, 0.25) is 5.02 Å². The van der Waals surface area contributed by atoms with E-state index in [0.717, 1.165) is 0 Å². The molecule has 15 heavy (non-hydrogen) atoms. The van der Waals surface area contributed by atoms with E-state index in [4.69, 9.17) is 16.3 Å². The Kier molecular flexibility index (Phi) is 4.54. The molecule has 1 aromatic rings. The van der Waals surface area contributed by atoms with Crippen LogP contribution in [0.1, 0.15) is 22.8 Å². The van der Waals surface area contributed by atoms with Crippen molar-refractivity contribution < 1.29 is 13.9 Å². The third-order valence-corrected chi connectivity index (χ3v) is 2.57. The molecule has 0 aliphatic heterocycles. The van der Waals surface area contributed by atoms with E-state index in [9.17, 15) is 9.18 Å². The van der Waals surface area contributed by atoms with Gasteiger partial charge in [-0.1, -0.05) is 27.5 Å². The SMILES string of the molecule is CCOC(=O)c1cc(Cl)cc(CBr)c1F. The number of alkyl halides is 1. The third kappa shape index (κ3) is 2.92. The molecule has 0 radical (unpaired) electrons. The van der Waals surface area contributed by atoms with Crippen LogP contribution in [0.3, 0.4) is 0 Å². The smallest absolute Gasteiger partial charge is 0.341 e. The zero-order valence-electron chi connectivity index (χ0n) is 8.02. The molecule has 5 heteroatoms. The Morgan fingerprint density at radius 1 is 1.60 bits per heavy atom. The summed E-state index contributed by atoms with van der Waals surface area (Å²) < 4.78 is 18.3. The van der Waals surface area contributed by atoms with Crippen molar-refractivity contribution in [1.29, 1.82) is 0 Å². The molecule has 0 atom stereocenters. The van der Waals surface area contributed by atoms with Gasteiger partial charge in [-0.2, -0.15) is 0 Å². The largest absolute Gasteiger partial charge is 0.462 e. The highest BCUT2D eigenvalue weighted by atomic mass is 79.9. The molecule has 0 bridgehead atoms. The van der Waals surface area contributed by atoms with Gasteiger partial charge in [0, 0.05) is 15.9 Å². The van der Waals surface area contributed by atoms with Crippen molar-refractivity contribution in [1.82, 2.24) is 0 Å². The average molecular weight is 296 g/mol. The summed E-state index contributed by atoms with van der Waals surface area (Å²) in [5, 5.41) is 0.611. The number of ether oxygens (including phenoxy) is 1. The highest BCUT2D eigenvalue weighted by Gasteiger charge is 2.16. The van der Waals surface area contributed by atoms with E-state index in [2.05, 4.69) is 15.9 Å². The molecular formula is C10H9BrClFO2. The molecule has 0 saturated carbocycles. The normalized spacial score (nSPS) is 10.1. The summed E-state index contributed by atoms with van der Waals surface area (Å²) in [5.74, 6) is -1.28. The first-order valence-electron chi connectivity index (χ1n) is 4.31. The maximum absolute atomic E-state index is 13.6. The average Bonchev–Trinajstić information content (AvgIpc) is 2.21. The molecule has 0 heterocycles. The molecule has 0 N–H and O–H groups in total. The highest BCUT2D eigenvalue weighted by Crippen LogP contribution is 2.22. The topological polar surface area (TPSA) is 26.3 Å². The van der Waals surface area contributed by atoms with Crippen LogP contribution in [-0.2, 0) is 10.1 Å². The van der Waals surface area contributed by atoms with Crippen LogP contribution in [0, 0.1) is 5.82 Å². The second kappa shape index (κ2) is 5.47. The Morgan fingerprint density at radius 2 is 2.27 bits per heavy atom. The van der Waals surface area contributed by atoms with E-state index in [1.807, 2.05) is 0 Å². The summed E-state index contributed by atoms with van der Waals surface area (Å²) in [7, 11) is 0. The van der Waals surface area contributed by atoms with E-state index in [1.165, 1.54) is 12.1 Å². The fourth-order valence-electron chi connectivity index (χ4n) is 1.10. The van der Waals surface area contributed by atoms with Crippen LogP contribution < -0.4 is 0 Å². The van der Waals surface area contributed by atoms with Gasteiger partial charge < -0.3 is 4.74 Å². The minimum Gasteiger partial charge on any atom is -0.462 e. The summed E-state index contributed by atoms with van der Waals surface area (Å²) in [5.41, 5.74) is 0.212. The van der Waals surface area contributed by atoms with Crippen LogP contribution in [0.5, 0.6) is 0 Å². The van der Waals surface area contributed by atoms with Gasteiger partial charge in [0.1, 0.15) is 5.82 Å². The molecule has 0 aromatic heterocycles. The molecule has 2 nitrogen and oxygen atoms in total. The number of carbonyl (C=O) groups is 1. The number of carbonyl (C=O) groups excluding carboxylic acids is 1. The first-order valence-corrected chi connectivity index (χ1v) is 5.81. The van der Waals surface area contributed by atoms with E-state index >= 15 is 0 Å². The van der Waals surface area contributed by atoms with Crippen molar-refractivity contribution in [3.8, 4) is 0 Å². The second-order valence-corrected chi connectivity index (χ2v) is 3.78. The minimum atomic E-state index is -0.695. The molecule has 0 fully saturated rings. The van der Waals surface area contributed by atoms with Gasteiger partial charge in [0.15, 0.2) is 0 Å². The van der Waals surface area contributed by atoms with Crippen molar-refractivity contribution in [3.63, 3.8) is 0 Å². The first-order chi connectivity index (χ1) is 7.10. The fraction of sp³-hybridized carbons (Fsp3) is 0.300. The Balaban J connectivity index is 3.17. The summed E-state index contributed by atoms with van der Waals surface area (Å²) >= 11 is 8.86. The lowest BCUT2D eigenvalue weighted by molar-refractivity contribution is 0.0521. The fourth-order valence-corrected chi connectivity index (χ4v) is 1.75. The number of rotatable bonds is 3. The first kappa shape index (κ1) is 12.5. The van der Waals surface area contributed by atoms with Gasteiger partial charge in [-0.15, -0.1) is 0 Å². The summed E-state index contributed by atoms with van der Waals surface area (Å²) in [6.07, 6.45) is 0. The van der Waals surface area contributed by atoms with Gasteiger partial charge in [-0.05, 0) is 19.1 Å². The van der Waals surface area contributed by atoms with Gasteiger partial charge in [0.05, 0.1) is 12.2 Å². The number of benzene rings is 1. The molecule has 0 amide bonds. The van der Waals surface area contributed by atoms with E-state index in [-0.39, 0.29) is 12.2 Å². The van der Waals surface area contributed by atoms with Gasteiger partial charge in [0.2, 0.25) is 0 Å². The van der Waals surface area contributed by atoms with Crippen LogP contribution in [0.25, 0.3) is 0 Å². The molecule has 0 unspecified atom stereocenters. The van der Waals surface area contributed by atoms with Crippen LogP contribution in [-0.4, -0.2) is 12.6 Å². The maximum atomic E-state index is 13.6. The maximum Gasteiger partial charge on any atom is 0.341 e. The Hall–Kier alpha value is -0.610. The van der Waals surface area contributed by atoms with Crippen LogP contribution >= 0.6 is 27.5 Å². The lowest BCUT2D eigenvalue weighted by atomic mass is 10.1. The van der Waals surface area contributed by atoms with Crippen molar-refractivity contribution in [2.24, 2.45) is 0 Å². The van der Waals surface area contributed by atoms with Gasteiger partial charge in [-0.25, -0.2) is 9.18 Å². The standard InChI is InChI=1S/C10H9BrClFO2/c1-2-15-10(14)8-4-7(12)3-6(5-11)9(8)13/h3-4H,2,5H2,1H3. The lowest BCUT2D eigenvalue weighted by Crippen LogP contribution is -2.08. The van der Waals surface area contributed by atoms with Crippen molar-refractivity contribution >= 4 is 33.5 Å². The van der Waals surface area contributed by atoms with E-state index in [0.29, 0.717) is 15.9 Å². The Labute approximate surface area is 101 Å². The Morgan fingerprint density at radius 3 is 2.80 bits per heavy atom. The highest BCUT2D eigenvalue weighted by molar-refractivity contribution is 9.08. The zero-order valence-corrected chi connectivity index (χ0v) is 10.4. The Bertz CT molecular complexity index is 382. The number of hydrogen-bond acceptors (Lipinski definition) is 2. The molecule has 1 aromatic carbocycles. The van der Waals surface area contributed by atoms with Crippen molar-refractivity contribution in [2.45, 2.75) is 12.3 Å². The van der Waals surface area contributed by atoms with Crippen LogP contribution in [0.4, 0.5) is 4.39 Å². The number of esters is 1. The van der Waals surface area contributed by atoms with Crippen molar-refractivity contribution in [2.75, 3.05) is 6.61 Å². The summed E-state index contributed by atoms with van der Waals surface area (Å²) in [4.78, 5) is 11.3. The molecule has 1 rings (SSSR count). The van der Waals surface area contributed by atoms with E-state index in [1.54, 1.807) is 6.92 Å². The molecule has 0 aliphatic carbocycles. The van der Waals surface area contributed by atoms with Gasteiger partial charge in [0.25, 0.3) is 0 Å². The predicted molar refractivity (Wildman–Crippen MR) is 60.0 cm³/mol. The monoisotopic (exact) mass is 294 g/mol. The second-order valence-electron chi connectivity index (χ2n) is 2.78. The van der Waals surface area contributed by atoms with Crippen LogP contribution in [0.15, 0.2) is 12.1 Å².